The number of hydrogen-bond donors (Lipinski definition) is 1. The second-order valence-corrected chi connectivity index (χ2v) is 4.65. The molecule has 1 aromatic carbocycles. The van der Waals surface area contributed by atoms with Crippen LogP contribution >= 0.6 is 11.6 Å². The molecule has 0 aliphatic carbocycles. The van der Waals surface area contributed by atoms with Crippen LogP contribution in [0.25, 0.3) is 0 Å². The largest absolute Gasteiger partial charge is 0.454 e. The van der Waals surface area contributed by atoms with Crippen LogP contribution in [0.2, 0.25) is 5.02 Å². The molecule has 0 radical (unpaired) electrons. The molecule has 2 aromatic rings. The molecule has 4 heteroatoms. The van der Waals surface area contributed by atoms with Crippen molar-refractivity contribution in [1.29, 1.82) is 0 Å². The normalized spacial score (nSPS) is 12.2. The fourth-order valence-electron chi connectivity index (χ4n) is 1.54. The molecule has 0 aliphatic heterocycles. The van der Waals surface area contributed by atoms with Gasteiger partial charge in [-0.15, -0.1) is 0 Å². The van der Waals surface area contributed by atoms with Gasteiger partial charge in [-0.25, -0.2) is 0 Å². The summed E-state index contributed by atoms with van der Waals surface area (Å²) in [6.45, 7) is 3.87. The fourth-order valence-corrected chi connectivity index (χ4v) is 1.81. The Morgan fingerprint density at radius 1 is 1.28 bits per heavy atom. The van der Waals surface area contributed by atoms with Gasteiger partial charge in [-0.2, -0.15) is 0 Å². The van der Waals surface area contributed by atoms with Crippen molar-refractivity contribution in [1.82, 2.24) is 4.98 Å². The highest BCUT2D eigenvalue weighted by Crippen LogP contribution is 2.29. The summed E-state index contributed by atoms with van der Waals surface area (Å²) in [7, 11) is 0. The Labute approximate surface area is 112 Å². The number of ether oxygens (including phenoxy) is 1. The van der Waals surface area contributed by atoms with Gasteiger partial charge in [-0.05, 0) is 43.7 Å². The predicted molar refractivity (Wildman–Crippen MR) is 73.1 cm³/mol. The Bertz CT molecular complexity index is 538. The van der Waals surface area contributed by atoms with Crippen molar-refractivity contribution in [3.8, 4) is 11.5 Å². The number of benzene rings is 1. The van der Waals surface area contributed by atoms with Crippen LogP contribution in [0.15, 0.2) is 36.5 Å². The van der Waals surface area contributed by atoms with Gasteiger partial charge in [0.15, 0.2) is 0 Å². The highest BCUT2D eigenvalue weighted by molar-refractivity contribution is 6.32. The first-order valence-electron chi connectivity index (χ1n) is 5.72. The third-order valence-corrected chi connectivity index (χ3v) is 2.84. The molecule has 2 rings (SSSR count). The zero-order valence-electron chi connectivity index (χ0n) is 10.4. The van der Waals surface area contributed by atoms with Crippen LogP contribution < -0.4 is 10.5 Å². The average Bonchev–Trinajstić information content (AvgIpc) is 2.33. The van der Waals surface area contributed by atoms with E-state index in [9.17, 15) is 0 Å². The minimum absolute atomic E-state index is 0.0815. The smallest absolute Gasteiger partial charge is 0.146 e. The molecule has 0 saturated carbocycles. The van der Waals surface area contributed by atoms with E-state index in [1.54, 1.807) is 6.20 Å². The highest BCUT2D eigenvalue weighted by atomic mass is 35.5. The molecule has 1 atom stereocenters. The van der Waals surface area contributed by atoms with E-state index in [-0.39, 0.29) is 6.04 Å². The van der Waals surface area contributed by atoms with Crippen molar-refractivity contribution in [2.75, 3.05) is 0 Å². The van der Waals surface area contributed by atoms with Crippen LogP contribution in [-0.4, -0.2) is 4.98 Å². The molecule has 0 spiro atoms. The number of rotatable bonds is 3. The van der Waals surface area contributed by atoms with Crippen LogP contribution in [-0.2, 0) is 0 Å². The van der Waals surface area contributed by atoms with Gasteiger partial charge in [-0.3, -0.25) is 4.98 Å². The van der Waals surface area contributed by atoms with E-state index in [0.29, 0.717) is 16.5 Å². The van der Waals surface area contributed by atoms with Crippen LogP contribution in [0.1, 0.15) is 24.2 Å². The fraction of sp³-hybridized carbons (Fsp3) is 0.214. The van der Waals surface area contributed by atoms with Gasteiger partial charge in [0.1, 0.15) is 11.5 Å². The van der Waals surface area contributed by atoms with E-state index in [1.807, 2.05) is 44.2 Å². The van der Waals surface area contributed by atoms with Gasteiger partial charge in [0.25, 0.3) is 0 Å². The standard InChI is InChI=1S/C14H15ClN2O/c1-9-3-6-14(12(15)7-9)18-11-4-5-13(10(2)16)17-8-11/h3-8,10H,16H2,1-2H3/t10-/m0/s1. The Morgan fingerprint density at radius 2 is 2.06 bits per heavy atom. The SMILES string of the molecule is Cc1ccc(Oc2ccc([C@H](C)N)nc2)c(Cl)c1. The van der Waals surface area contributed by atoms with Crippen LogP contribution in [0.3, 0.4) is 0 Å². The van der Waals surface area contributed by atoms with E-state index in [4.69, 9.17) is 22.1 Å². The number of halogens is 1. The summed E-state index contributed by atoms with van der Waals surface area (Å²) in [6, 6.07) is 9.26. The van der Waals surface area contributed by atoms with E-state index < -0.39 is 0 Å². The third kappa shape index (κ3) is 3.00. The molecular weight excluding hydrogens is 248 g/mol. The van der Waals surface area contributed by atoms with Crippen molar-refractivity contribution < 1.29 is 4.74 Å². The highest BCUT2D eigenvalue weighted by Gasteiger charge is 2.05. The van der Waals surface area contributed by atoms with Crippen molar-refractivity contribution >= 4 is 11.6 Å². The summed E-state index contributed by atoms with van der Waals surface area (Å²) in [4.78, 5) is 4.23. The first-order valence-corrected chi connectivity index (χ1v) is 6.09. The molecule has 0 saturated heterocycles. The van der Waals surface area contributed by atoms with Crippen LogP contribution in [0, 0.1) is 6.92 Å². The molecule has 0 aliphatic rings. The summed E-state index contributed by atoms with van der Waals surface area (Å²) in [6.07, 6.45) is 1.65. The zero-order valence-corrected chi connectivity index (χ0v) is 11.1. The van der Waals surface area contributed by atoms with Crippen LogP contribution in [0.5, 0.6) is 11.5 Å². The van der Waals surface area contributed by atoms with Gasteiger partial charge in [0, 0.05) is 6.04 Å². The second kappa shape index (κ2) is 5.38. The van der Waals surface area contributed by atoms with Crippen molar-refractivity contribution in [2.24, 2.45) is 5.73 Å². The van der Waals surface area contributed by atoms with E-state index in [2.05, 4.69) is 4.98 Å². The monoisotopic (exact) mass is 262 g/mol. The number of nitrogens with two attached hydrogens (primary N) is 1. The van der Waals surface area contributed by atoms with Gasteiger partial charge >= 0.3 is 0 Å². The predicted octanol–water partition coefficient (Wildman–Crippen LogP) is 3.86. The summed E-state index contributed by atoms with van der Waals surface area (Å²) in [5.74, 6) is 1.27. The Hall–Kier alpha value is -1.58. The number of aromatic nitrogens is 1. The molecule has 0 amide bonds. The van der Waals surface area contributed by atoms with Gasteiger partial charge in [0.2, 0.25) is 0 Å². The molecule has 94 valence electrons. The minimum atomic E-state index is -0.0815. The second-order valence-electron chi connectivity index (χ2n) is 4.24. The van der Waals surface area contributed by atoms with Gasteiger partial charge in [0.05, 0.1) is 16.9 Å². The lowest BCUT2D eigenvalue weighted by Gasteiger charge is -2.09. The topological polar surface area (TPSA) is 48.1 Å². The Morgan fingerprint density at radius 3 is 2.61 bits per heavy atom. The van der Waals surface area contributed by atoms with E-state index in [1.165, 1.54) is 0 Å². The van der Waals surface area contributed by atoms with Gasteiger partial charge in [-0.1, -0.05) is 17.7 Å². The molecule has 1 aromatic heterocycles. The van der Waals surface area contributed by atoms with Crippen molar-refractivity contribution in [3.05, 3.63) is 52.8 Å². The van der Waals surface area contributed by atoms with E-state index in [0.717, 1.165) is 11.3 Å². The van der Waals surface area contributed by atoms with Crippen LogP contribution in [0.4, 0.5) is 0 Å². The molecule has 18 heavy (non-hydrogen) atoms. The Balaban J connectivity index is 2.18. The molecule has 0 unspecified atom stereocenters. The average molecular weight is 263 g/mol. The lowest BCUT2D eigenvalue weighted by Crippen LogP contribution is -2.06. The maximum Gasteiger partial charge on any atom is 0.146 e. The molecule has 2 N–H and O–H groups in total. The zero-order chi connectivity index (χ0) is 13.1. The van der Waals surface area contributed by atoms with Crippen molar-refractivity contribution in [3.63, 3.8) is 0 Å². The van der Waals surface area contributed by atoms with Gasteiger partial charge < -0.3 is 10.5 Å². The third-order valence-electron chi connectivity index (χ3n) is 2.54. The Kier molecular flexibility index (Phi) is 3.84. The summed E-state index contributed by atoms with van der Waals surface area (Å²) >= 11 is 6.10. The molecule has 0 fully saturated rings. The van der Waals surface area contributed by atoms with Crippen molar-refractivity contribution in [2.45, 2.75) is 19.9 Å². The first-order chi connectivity index (χ1) is 8.56. The molecule has 1 heterocycles. The van der Waals surface area contributed by atoms with E-state index >= 15 is 0 Å². The summed E-state index contributed by atoms with van der Waals surface area (Å²) in [5.41, 5.74) is 7.66. The molecular formula is C14H15ClN2O. The minimum Gasteiger partial charge on any atom is -0.454 e. The molecule has 3 nitrogen and oxygen atoms in total. The maximum absolute atomic E-state index is 6.10. The lowest BCUT2D eigenvalue weighted by molar-refractivity contribution is 0.479. The number of aryl methyl sites for hydroxylation is 1. The first kappa shape index (κ1) is 12.9. The summed E-state index contributed by atoms with van der Waals surface area (Å²) in [5, 5.41) is 0.589. The quantitative estimate of drug-likeness (QED) is 0.914. The number of hydrogen-bond acceptors (Lipinski definition) is 3. The number of pyridine rings is 1. The lowest BCUT2D eigenvalue weighted by atomic mass is 10.2. The maximum atomic E-state index is 6.10. The summed E-state index contributed by atoms with van der Waals surface area (Å²) < 4.78 is 5.66. The molecule has 0 bridgehead atoms. The number of nitrogens with zero attached hydrogens (tertiary/aromatic N) is 1.